The molecule has 1 aromatic carbocycles. The minimum absolute atomic E-state index is 0.0480. The lowest BCUT2D eigenvalue weighted by Crippen LogP contribution is -2.08. The number of aliphatic hydroxyl groups excluding tert-OH is 1. The van der Waals surface area contributed by atoms with Gasteiger partial charge in [-0.1, -0.05) is 30.3 Å². The van der Waals surface area contributed by atoms with Crippen molar-refractivity contribution in [2.45, 2.75) is 19.4 Å². The van der Waals surface area contributed by atoms with Gasteiger partial charge in [0, 0.05) is 25.2 Å². The first kappa shape index (κ1) is 15.9. The number of carbonyl (C=O) groups is 2. The lowest BCUT2D eigenvalue weighted by Gasteiger charge is -2.11. The average molecular weight is 278 g/mol. The molecule has 20 heavy (non-hydrogen) atoms. The molecule has 0 spiro atoms. The molecule has 1 unspecified atom stereocenters. The maximum atomic E-state index is 11.5. The van der Waals surface area contributed by atoms with E-state index in [1.54, 1.807) is 6.92 Å². The molecular formula is C15H18O5. The van der Waals surface area contributed by atoms with Crippen LogP contribution in [0.4, 0.5) is 0 Å². The van der Waals surface area contributed by atoms with Crippen LogP contribution in [0.3, 0.4) is 0 Å². The van der Waals surface area contributed by atoms with Crippen molar-refractivity contribution in [3.63, 3.8) is 0 Å². The molecule has 108 valence electrons. The first-order chi connectivity index (χ1) is 9.63. The third-order valence-corrected chi connectivity index (χ3v) is 2.46. The van der Waals surface area contributed by atoms with Gasteiger partial charge in [0.25, 0.3) is 0 Å². The zero-order valence-corrected chi connectivity index (χ0v) is 11.3. The molecule has 0 aliphatic rings. The van der Waals surface area contributed by atoms with Crippen LogP contribution in [-0.2, 0) is 19.1 Å². The molecule has 1 rings (SSSR count). The van der Waals surface area contributed by atoms with Gasteiger partial charge in [-0.3, -0.25) is 0 Å². The normalized spacial score (nSPS) is 12.1. The number of ether oxygens (including phenoxy) is 2. The number of esters is 2. The Balaban J connectivity index is 2.37. The lowest BCUT2D eigenvalue weighted by molar-refractivity contribution is -0.143. The molecule has 0 aromatic heterocycles. The Bertz CT molecular complexity index is 453. The highest BCUT2D eigenvalue weighted by Crippen LogP contribution is 2.15. The van der Waals surface area contributed by atoms with Gasteiger partial charge in [0.05, 0.1) is 6.61 Å². The van der Waals surface area contributed by atoms with Crippen LogP contribution in [0.2, 0.25) is 0 Å². The van der Waals surface area contributed by atoms with Crippen LogP contribution in [0, 0.1) is 0 Å². The van der Waals surface area contributed by atoms with E-state index in [-0.39, 0.29) is 13.2 Å². The molecule has 1 aromatic rings. The van der Waals surface area contributed by atoms with E-state index in [2.05, 4.69) is 0 Å². The summed E-state index contributed by atoms with van der Waals surface area (Å²) in [5.74, 6) is -1.25. The monoisotopic (exact) mass is 278 g/mol. The maximum absolute atomic E-state index is 11.5. The zero-order valence-electron chi connectivity index (χ0n) is 11.3. The Morgan fingerprint density at radius 1 is 1.20 bits per heavy atom. The van der Waals surface area contributed by atoms with Crippen LogP contribution in [0.15, 0.2) is 42.5 Å². The lowest BCUT2D eigenvalue weighted by atomic mass is 10.1. The molecule has 1 N–H and O–H groups in total. The van der Waals surface area contributed by atoms with Gasteiger partial charge < -0.3 is 14.6 Å². The number of hydrogen-bond donors (Lipinski definition) is 1. The molecule has 0 saturated heterocycles. The van der Waals surface area contributed by atoms with Gasteiger partial charge in [0.15, 0.2) is 0 Å². The van der Waals surface area contributed by atoms with Crippen molar-refractivity contribution >= 4 is 11.9 Å². The number of benzene rings is 1. The van der Waals surface area contributed by atoms with E-state index in [9.17, 15) is 9.59 Å². The van der Waals surface area contributed by atoms with Crippen LogP contribution in [0.25, 0.3) is 0 Å². The fourth-order valence-corrected chi connectivity index (χ4v) is 1.43. The van der Waals surface area contributed by atoms with Gasteiger partial charge in [-0.15, -0.1) is 0 Å². The molecule has 0 aliphatic carbocycles. The number of hydrogen-bond acceptors (Lipinski definition) is 5. The predicted molar refractivity (Wildman–Crippen MR) is 72.8 cm³/mol. The van der Waals surface area contributed by atoms with E-state index in [0.717, 1.165) is 17.7 Å². The Labute approximate surface area is 117 Å². The molecule has 1 atom stereocenters. The van der Waals surface area contributed by atoms with Gasteiger partial charge in [-0.05, 0) is 12.5 Å². The second-order valence-electron chi connectivity index (χ2n) is 4.07. The highest BCUT2D eigenvalue weighted by atomic mass is 16.5. The van der Waals surface area contributed by atoms with Gasteiger partial charge in [-0.25, -0.2) is 9.59 Å². The van der Waals surface area contributed by atoms with E-state index >= 15 is 0 Å². The van der Waals surface area contributed by atoms with Crippen molar-refractivity contribution in [1.29, 1.82) is 0 Å². The molecule has 0 heterocycles. The summed E-state index contributed by atoms with van der Waals surface area (Å²) in [5.41, 5.74) is 0.875. The topological polar surface area (TPSA) is 72.8 Å². The van der Waals surface area contributed by atoms with E-state index < -0.39 is 18.0 Å². The van der Waals surface area contributed by atoms with Crippen molar-refractivity contribution < 1.29 is 24.2 Å². The van der Waals surface area contributed by atoms with E-state index in [4.69, 9.17) is 14.6 Å². The molecule has 0 aliphatic heterocycles. The van der Waals surface area contributed by atoms with Crippen molar-refractivity contribution in [2.75, 3.05) is 13.2 Å². The van der Waals surface area contributed by atoms with Crippen molar-refractivity contribution in [3.8, 4) is 0 Å². The molecule has 0 fully saturated rings. The van der Waals surface area contributed by atoms with Gasteiger partial charge in [0.1, 0.15) is 6.10 Å². The van der Waals surface area contributed by atoms with E-state index in [1.807, 2.05) is 30.3 Å². The minimum Gasteiger partial charge on any atom is -0.462 e. The summed E-state index contributed by atoms with van der Waals surface area (Å²) in [6.45, 7) is 1.82. The Morgan fingerprint density at radius 3 is 2.50 bits per heavy atom. The second kappa shape index (κ2) is 8.87. The van der Waals surface area contributed by atoms with Gasteiger partial charge in [0.2, 0.25) is 0 Å². The van der Waals surface area contributed by atoms with E-state index in [0.29, 0.717) is 6.42 Å². The number of carbonyl (C=O) groups excluding carboxylic acids is 2. The van der Waals surface area contributed by atoms with Crippen LogP contribution in [0.5, 0.6) is 0 Å². The smallest absolute Gasteiger partial charge is 0.331 e. The second-order valence-corrected chi connectivity index (χ2v) is 4.07. The van der Waals surface area contributed by atoms with Crippen LogP contribution >= 0.6 is 0 Å². The standard InChI is InChI=1S/C15H18O5/c1-12(13-6-3-2-4-7-13)20-15(18)9-8-14(17)19-11-5-10-16/h2-4,6-9,12,16H,5,10-11H2,1H3/b9-8-. The summed E-state index contributed by atoms with van der Waals surface area (Å²) >= 11 is 0. The third kappa shape index (κ3) is 6.15. The third-order valence-electron chi connectivity index (χ3n) is 2.46. The summed E-state index contributed by atoms with van der Waals surface area (Å²) in [6.07, 6.45) is 2.02. The van der Waals surface area contributed by atoms with Crippen molar-refractivity contribution in [3.05, 3.63) is 48.0 Å². The highest BCUT2D eigenvalue weighted by molar-refractivity contribution is 5.91. The summed E-state index contributed by atoms with van der Waals surface area (Å²) < 4.78 is 9.87. The maximum Gasteiger partial charge on any atom is 0.331 e. The Morgan fingerprint density at radius 2 is 1.85 bits per heavy atom. The van der Waals surface area contributed by atoms with Gasteiger partial charge in [-0.2, -0.15) is 0 Å². The predicted octanol–water partition coefficient (Wildman–Crippen LogP) is 1.77. The molecular weight excluding hydrogens is 260 g/mol. The molecule has 0 amide bonds. The summed E-state index contributed by atoms with van der Waals surface area (Å²) in [5, 5.41) is 8.52. The fraction of sp³-hybridized carbons (Fsp3) is 0.333. The molecule has 5 nitrogen and oxygen atoms in total. The number of aliphatic hydroxyl groups is 1. The zero-order chi connectivity index (χ0) is 14.8. The molecule has 0 bridgehead atoms. The Hall–Kier alpha value is -2.14. The Kier molecular flexibility index (Phi) is 7.06. The molecule has 0 radical (unpaired) electrons. The van der Waals surface area contributed by atoms with Crippen LogP contribution in [0.1, 0.15) is 25.0 Å². The highest BCUT2D eigenvalue weighted by Gasteiger charge is 2.09. The van der Waals surface area contributed by atoms with Crippen molar-refractivity contribution in [2.24, 2.45) is 0 Å². The van der Waals surface area contributed by atoms with Crippen LogP contribution in [-0.4, -0.2) is 30.3 Å². The SMILES string of the molecule is CC(OC(=O)/C=C\C(=O)OCCCO)c1ccccc1. The number of rotatable bonds is 7. The summed E-state index contributed by atoms with van der Waals surface area (Å²) in [4.78, 5) is 22.7. The first-order valence-electron chi connectivity index (χ1n) is 6.34. The largest absolute Gasteiger partial charge is 0.462 e. The molecule has 5 heteroatoms. The summed E-state index contributed by atoms with van der Waals surface area (Å²) in [6, 6.07) is 9.29. The quantitative estimate of drug-likeness (QED) is 0.467. The van der Waals surface area contributed by atoms with Gasteiger partial charge >= 0.3 is 11.9 Å². The van der Waals surface area contributed by atoms with E-state index in [1.165, 1.54) is 0 Å². The summed E-state index contributed by atoms with van der Waals surface area (Å²) in [7, 11) is 0. The first-order valence-corrected chi connectivity index (χ1v) is 6.34. The average Bonchev–Trinajstić information content (AvgIpc) is 2.46. The molecule has 0 saturated carbocycles. The fourth-order valence-electron chi connectivity index (χ4n) is 1.43. The minimum atomic E-state index is -0.636. The van der Waals surface area contributed by atoms with Crippen molar-refractivity contribution in [1.82, 2.24) is 0 Å². The van der Waals surface area contributed by atoms with Crippen LogP contribution < -0.4 is 0 Å².